The maximum atomic E-state index is 13.0. The minimum Gasteiger partial charge on any atom is -0.497 e. The van der Waals surface area contributed by atoms with Crippen molar-refractivity contribution >= 4 is 27.4 Å². The van der Waals surface area contributed by atoms with Crippen LogP contribution in [0.3, 0.4) is 0 Å². The Morgan fingerprint density at radius 2 is 1.82 bits per heavy atom. The van der Waals surface area contributed by atoms with Crippen LogP contribution >= 0.6 is 11.6 Å². The average Bonchev–Trinajstić information content (AvgIpc) is 3.54. The molecule has 4 rings (SSSR count). The normalized spacial score (nSPS) is 18.7. The number of hydrogen-bond donors (Lipinski definition) is 0. The summed E-state index contributed by atoms with van der Waals surface area (Å²) in [6.45, 7) is 2.16. The average molecular weight is 423 g/mol. The minimum atomic E-state index is -3.54. The van der Waals surface area contributed by atoms with Gasteiger partial charge in [0.25, 0.3) is 0 Å². The summed E-state index contributed by atoms with van der Waals surface area (Å²) in [6, 6.07) is 8.27. The van der Waals surface area contributed by atoms with Crippen molar-refractivity contribution in [3.63, 3.8) is 0 Å². The molecule has 9 heteroatoms. The Bertz CT molecular complexity index is 948. The summed E-state index contributed by atoms with van der Waals surface area (Å²) in [5.41, 5.74) is 0. The van der Waals surface area contributed by atoms with Crippen LogP contribution in [-0.2, 0) is 10.0 Å². The third-order valence-corrected chi connectivity index (χ3v) is 7.22. The van der Waals surface area contributed by atoms with Gasteiger partial charge in [0.05, 0.1) is 12.0 Å². The molecule has 150 valence electrons. The number of sulfonamides is 1. The molecule has 1 aromatic heterocycles. The smallest absolute Gasteiger partial charge is 0.243 e. The number of benzene rings is 1. The van der Waals surface area contributed by atoms with Crippen LogP contribution in [0, 0.1) is 0 Å². The van der Waals surface area contributed by atoms with Crippen molar-refractivity contribution in [1.29, 1.82) is 0 Å². The van der Waals surface area contributed by atoms with Crippen molar-refractivity contribution in [1.82, 2.24) is 14.3 Å². The first-order valence-corrected chi connectivity index (χ1v) is 11.2. The zero-order chi connectivity index (χ0) is 19.7. The molecule has 1 aliphatic carbocycles. The van der Waals surface area contributed by atoms with Gasteiger partial charge in [0.15, 0.2) is 0 Å². The lowest BCUT2D eigenvalue weighted by Gasteiger charge is -2.23. The van der Waals surface area contributed by atoms with E-state index in [1.165, 1.54) is 0 Å². The molecule has 0 N–H and O–H groups in total. The number of hydrogen-bond acceptors (Lipinski definition) is 6. The fraction of sp³-hybridized carbons (Fsp3) is 0.474. The Balaban J connectivity index is 1.50. The Morgan fingerprint density at radius 1 is 1.07 bits per heavy atom. The molecule has 1 saturated carbocycles. The summed E-state index contributed by atoms with van der Waals surface area (Å²) >= 11 is 6.19. The molecule has 0 amide bonds. The topological polar surface area (TPSA) is 75.6 Å². The standard InChI is InChI=1S/C19H23ClN4O3S/c1-27-15-5-7-16(8-6-15)28(25,26)24-10-2-9-23(11-12-24)18-13-17(20)21-19(22-18)14-3-4-14/h5-8,13-14H,2-4,9-12H2,1H3. The Kier molecular flexibility index (Phi) is 5.44. The predicted molar refractivity (Wildman–Crippen MR) is 108 cm³/mol. The van der Waals surface area contributed by atoms with E-state index in [1.54, 1.807) is 41.7 Å². The number of halogens is 1. The van der Waals surface area contributed by atoms with Gasteiger partial charge in [0.1, 0.15) is 22.5 Å². The van der Waals surface area contributed by atoms with Crippen molar-refractivity contribution in [3.05, 3.63) is 41.3 Å². The number of rotatable bonds is 5. The van der Waals surface area contributed by atoms with Crippen molar-refractivity contribution in [2.75, 3.05) is 38.2 Å². The highest BCUT2D eigenvalue weighted by Gasteiger charge is 2.30. The summed E-state index contributed by atoms with van der Waals surface area (Å²) in [5, 5.41) is 0.443. The molecule has 0 unspecified atom stereocenters. The molecular formula is C19H23ClN4O3S. The predicted octanol–water partition coefficient (Wildman–Crippen LogP) is 2.92. The molecule has 2 heterocycles. The van der Waals surface area contributed by atoms with Crippen LogP contribution in [0.1, 0.15) is 31.0 Å². The van der Waals surface area contributed by atoms with Crippen molar-refractivity contribution in [2.24, 2.45) is 0 Å². The van der Waals surface area contributed by atoms with Gasteiger partial charge in [-0.05, 0) is 43.5 Å². The SMILES string of the molecule is COc1ccc(S(=O)(=O)N2CCCN(c3cc(Cl)nc(C4CC4)n3)CC2)cc1. The number of nitrogens with zero attached hydrogens (tertiary/aromatic N) is 4. The van der Waals surface area contributed by atoms with Crippen LogP contribution in [0.15, 0.2) is 35.2 Å². The van der Waals surface area contributed by atoms with E-state index in [0.717, 1.165) is 37.4 Å². The highest BCUT2D eigenvalue weighted by molar-refractivity contribution is 7.89. The van der Waals surface area contributed by atoms with Gasteiger partial charge < -0.3 is 9.64 Å². The van der Waals surface area contributed by atoms with Crippen LogP contribution in [0.5, 0.6) is 5.75 Å². The van der Waals surface area contributed by atoms with Crippen LogP contribution in [0.4, 0.5) is 5.82 Å². The van der Waals surface area contributed by atoms with E-state index in [-0.39, 0.29) is 4.90 Å². The molecule has 1 saturated heterocycles. The fourth-order valence-corrected chi connectivity index (χ4v) is 5.02. The van der Waals surface area contributed by atoms with Gasteiger partial charge in [0.2, 0.25) is 10.0 Å². The Morgan fingerprint density at radius 3 is 2.50 bits per heavy atom. The molecule has 28 heavy (non-hydrogen) atoms. The molecule has 0 spiro atoms. The van der Waals surface area contributed by atoms with E-state index < -0.39 is 10.0 Å². The summed E-state index contributed by atoms with van der Waals surface area (Å²) in [7, 11) is -1.99. The van der Waals surface area contributed by atoms with E-state index in [1.807, 2.05) is 0 Å². The first-order chi connectivity index (χ1) is 13.5. The lowest BCUT2D eigenvalue weighted by atomic mass is 10.3. The third-order valence-electron chi connectivity index (χ3n) is 5.12. The zero-order valence-electron chi connectivity index (χ0n) is 15.7. The monoisotopic (exact) mass is 422 g/mol. The van der Waals surface area contributed by atoms with E-state index in [2.05, 4.69) is 14.9 Å². The molecule has 2 fully saturated rings. The number of methoxy groups -OCH3 is 1. The van der Waals surface area contributed by atoms with Gasteiger partial charge >= 0.3 is 0 Å². The van der Waals surface area contributed by atoms with Gasteiger partial charge in [-0.3, -0.25) is 0 Å². The molecule has 1 aliphatic heterocycles. The van der Waals surface area contributed by atoms with E-state index >= 15 is 0 Å². The van der Waals surface area contributed by atoms with E-state index in [9.17, 15) is 8.42 Å². The maximum Gasteiger partial charge on any atom is 0.243 e. The molecule has 1 aromatic carbocycles. The van der Waals surface area contributed by atoms with E-state index in [0.29, 0.717) is 36.5 Å². The second-order valence-electron chi connectivity index (χ2n) is 7.10. The van der Waals surface area contributed by atoms with Crippen molar-refractivity contribution in [3.8, 4) is 5.75 Å². The van der Waals surface area contributed by atoms with Crippen LogP contribution in [0.2, 0.25) is 5.15 Å². The summed E-state index contributed by atoms with van der Waals surface area (Å²) in [6.07, 6.45) is 2.93. The van der Waals surface area contributed by atoms with Gasteiger partial charge in [0, 0.05) is 38.2 Å². The highest BCUT2D eigenvalue weighted by Crippen LogP contribution is 2.39. The molecule has 2 aromatic rings. The van der Waals surface area contributed by atoms with E-state index in [4.69, 9.17) is 16.3 Å². The molecular weight excluding hydrogens is 400 g/mol. The van der Waals surface area contributed by atoms with Gasteiger partial charge in [-0.25, -0.2) is 18.4 Å². The first-order valence-electron chi connectivity index (χ1n) is 9.41. The summed E-state index contributed by atoms with van der Waals surface area (Å²) in [4.78, 5) is 11.4. The highest BCUT2D eigenvalue weighted by atomic mass is 35.5. The Labute approximate surface area is 170 Å². The molecule has 0 bridgehead atoms. The van der Waals surface area contributed by atoms with Gasteiger partial charge in [-0.1, -0.05) is 11.6 Å². The second-order valence-corrected chi connectivity index (χ2v) is 9.43. The van der Waals surface area contributed by atoms with Crippen molar-refractivity contribution in [2.45, 2.75) is 30.1 Å². The van der Waals surface area contributed by atoms with Gasteiger partial charge in [-0.2, -0.15) is 4.31 Å². The van der Waals surface area contributed by atoms with Crippen LogP contribution in [0.25, 0.3) is 0 Å². The zero-order valence-corrected chi connectivity index (χ0v) is 17.3. The summed E-state index contributed by atoms with van der Waals surface area (Å²) < 4.78 is 32.7. The van der Waals surface area contributed by atoms with Crippen molar-refractivity contribution < 1.29 is 13.2 Å². The fourth-order valence-electron chi connectivity index (χ4n) is 3.37. The molecule has 2 aliphatic rings. The van der Waals surface area contributed by atoms with Crippen LogP contribution < -0.4 is 9.64 Å². The molecule has 0 atom stereocenters. The third kappa shape index (κ3) is 4.09. The minimum absolute atomic E-state index is 0.280. The number of anilines is 1. The first kappa shape index (κ1) is 19.4. The van der Waals surface area contributed by atoms with Gasteiger partial charge in [-0.15, -0.1) is 0 Å². The number of ether oxygens (including phenoxy) is 1. The largest absolute Gasteiger partial charge is 0.497 e. The van der Waals surface area contributed by atoms with Crippen LogP contribution in [-0.4, -0.2) is 56.0 Å². The lowest BCUT2D eigenvalue weighted by molar-refractivity contribution is 0.413. The second kappa shape index (κ2) is 7.85. The lowest BCUT2D eigenvalue weighted by Crippen LogP contribution is -2.35. The number of aromatic nitrogens is 2. The summed E-state index contributed by atoms with van der Waals surface area (Å²) in [5.74, 6) is 2.63. The Hall–Kier alpha value is -1.90. The molecule has 7 nitrogen and oxygen atoms in total. The maximum absolute atomic E-state index is 13.0. The quantitative estimate of drug-likeness (QED) is 0.689. The molecule has 0 radical (unpaired) electrons.